The van der Waals surface area contributed by atoms with E-state index in [0.29, 0.717) is 0 Å². The van der Waals surface area contributed by atoms with Crippen LogP contribution in [0, 0.1) is 0 Å². The Bertz CT molecular complexity index is 296. The summed E-state index contributed by atoms with van der Waals surface area (Å²) in [6, 6.07) is 0. The fourth-order valence-corrected chi connectivity index (χ4v) is 1.18. The zero-order valence-electron chi connectivity index (χ0n) is 9.13. The molecule has 1 rings (SSSR count). The van der Waals surface area contributed by atoms with E-state index in [0.717, 1.165) is 22.7 Å². The van der Waals surface area contributed by atoms with Crippen LogP contribution in [0.25, 0.3) is 0 Å². The molecule has 0 aliphatic carbocycles. The fraction of sp³-hybridized carbons (Fsp3) is 0.333. The molecule has 0 unspecified atom stereocenters. The molecule has 76 valence electrons. The first-order valence-electron chi connectivity index (χ1n) is 4.64. The van der Waals surface area contributed by atoms with Crippen LogP contribution < -0.4 is 0 Å². The molecule has 1 aliphatic heterocycles. The Morgan fingerprint density at radius 1 is 0.714 bits per heavy atom. The van der Waals surface area contributed by atoms with E-state index >= 15 is 0 Å². The van der Waals surface area contributed by atoms with Crippen LogP contribution in [0.4, 0.5) is 0 Å². The minimum atomic E-state index is 0.749. The van der Waals surface area contributed by atoms with Gasteiger partial charge in [0.1, 0.15) is 0 Å². The molecule has 1 heterocycles. The summed E-state index contributed by atoms with van der Waals surface area (Å²) in [6.07, 6.45) is 7.97. The molecular weight excluding hydrogens is 176 g/mol. The molecule has 0 spiro atoms. The summed E-state index contributed by atoms with van der Waals surface area (Å²) < 4.78 is 0. The van der Waals surface area contributed by atoms with Crippen LogP contribution in [0.3, 0.4) is 0 Å². The Hall–Kier alpha value is -1.44. The van der Waals surface area contributed by atoms with Gasteiger partial charge >= 0.3 is 0 Å². The van der Waals surface area contributed by atoms with Gasteiger partial charge in [0.25, 0.3) is 0 Å². The summed E-state index contributed by atoms with van der Waals surface area (Å²) >= 11 is 0. The van der Waals surface area contributed by atoms with Crippen molar-refractivity contribution in [1.29, 1.82) is 0 Å². The van der Waals surface area contributed by atoms with Crippen molar-refractivity contribution in [2.75, 3.05) is 0 Å². The van der Waals surface area contributed by atoms with Crippen molar-refractivity contribution in [3.8, 4) is 0 Å². The van der Waals surface area contributed by atoms with E-state index in [2.05, 4.69) is 12.2 Å². The first-order valence-corrected chi connectivity index (χ1v) is 4.64. The fourth-order valence-electron chi connectivity index (χ4n) is 1.18. The molecule has 2 heteroatoms. The van der Waals surface area contributed by atoms with Crippen molar-refractivity contribution in [2.45, 2.75) is 27.7 Å². The zero-order valence-corrected chi connectivity index (χ0v) is 9.13. The molecule has 0 N–H and O–H groups in total. The lowest BCUT2D eigenvalue weighted by molar-refractivity contribution is -0.224. The zero-order chi connectivity index (χ0) is 10.6. The number of hydrogen-bond acceptors (Lipinski definition) is 2. The van der Waals surface area contributed by atoms with E-state index < -0.39 is 0 Å². The van der Waals surface area contributed by atoms with Crippen LogP contribution >= 0.6 is 0 Å². The second-order valence-corrected chi connectivity index (χ2v) is 3.50. The largest absolute Gasteiger partial charge is 0.295 e. The molecule has 0 fully saturated rings. The average molecular weight is 192 g/mol. The van der Waals surface area contributed by atoms with Gasteiger partial charge in [0.15, 0.2) is 11.5 Å². The lowest BCUT2D eigenvalue weighted by atomic mass is 10.2. The van der Waals surface area contributed by atoms with E-state index in [1.807, 2.05) is 39.8 Å². The summed E-state index contributed by atoms with van der Waals surface area (Å²) in [5, 5.41) is 0. The van der Waals surface area contributed by atoms with Crippen molar-refractivity contribution in [3.63, 3.8) is 0 Å². The lowest BCUT2D eigenvalue weighted by Crippen LogP contribution is -1.92. The van der Waals surface area contributed by atoms with Crippen LogP contribution in [0.2, 0.25) is 0 Å². The molecule has 2 nitrogen and oxygen atoms in total. The second kappa shape index (κ2) is 4.70. The maximum atomic E-state index is 5.07. The third kappa shape index (κ3) is 3.52. The minimum Gasteiger partial charge on any atom is -0.295 e. The molecule has 0 aromatic carbocycles. The summed E-state index contributed by atoms with van der Waals surface area (Å²) in [5.41, 5.74) is 2.27. The number of hydrogen-bond donors (Lipinski definition) is 0. The van der Waals surface area contributed by atoms with Gasteiger partial charge in [-0.25, -0.2) is 0 Å². The Labute approximate surface area is 85.1 Å². The van der Waals surface area contributed by atoms with E-state index in [4.69, 9.17) is 9.78 Å². The third-order valence-corrected chi connectivity index (χ3v) is 1.78. The Morgan fingerprint density at radius 3 is 1.43 bits per heavy atom. The van der Waals surface area contributed by atoms with E-state index in [-0.39, 0.29) is 0 Å². The van der Waals surface area contributed by atoms with Gasteiger partial charge in [-0.15, -0.1) is 0 Å². The minimum absolute atomic E-state index is 0.749. The average Bonchev–Trinajstić information content (AvgIpc) is 2.11. The van der Waals surface area contributed by atoms with Crippen LogP contribution in [0.5, 0.6) is 0 Å². The maximum absolute atomic E-state index is 5.07. The Morgan fingerprint density at radius 2 is 1.07 bits per heavy atom. The monoisotopic (exact) mass is 192 g/mol. The van der Waals surface area contributed by atoms with Crippen molar-refractivity contribution in [2.24, 2.45) is 0 Å². The Kier molecular flexibility index (Phi) is 3.57. The van der Waals surface area contributed by atoms with Crippen molar-refractivity contribution >= 4 is 0 Å². The highest BCUT2D eigenvalue weighted by Gasteiger charge is 1.97. The van der Waals surface area contributed by atoms with Crippen LogP contribution in [-0.4, -0.2) is 0 Å². The smallest absolute Gasteiger partial charge is 0.152 e. The van der Waals surface area contributed by atoms with Crippen molar-refractivity contribution < 1.29 is 9.78 Å². The topological polar surface area (TPSA) is 18.5 Å². The highest BCUT2D eigenvalue weighted by Crippen LogP contribution is 2.11. The van der Waals surface area contributed by atoms with Crippen LogP contribution in [0.1, 0.15) is 27.7 Å². The maximum Gasteiger partial charge on any atom is 0.152 e. The molecular formula is C12H16O2. The molecule has 14 heavy (non-hydrogen) atoms. The van der Waals surface area contributed by atoms with Gasteiger partial charge in [-0.3, -0.25) is 9.78 Å². The highest BCUT2D eigenvalue weighted by atomic mass is 17.2. The summed E-state index contributed by atoms with van der Waals surface area (Å²) in [5.74, 6) is 1.50. The van der Waals surface area contributed by atoms with Gasteiger partial charge in [0.05, 0.1) is 0 Å². The normalized spacial score (nSPS) is 25.4. The van der Waals surface area contributed by atoms with Crippen molar-refractivity contribution in [3.05, 3.63) is 47.0 Å². The van der Waals surface area contributed by atoms with Gasteiger partial charge < -0.3 is 0 Å². The first-order chi connectivity index (χ1) is 6.58. The van der Waals surface area contributed by atoms with Crippen LogP contribution in [0.15, 0.2) is 47.0 Å². The molecule has 0 aromatic rings. The van der Waals surface area contributed by atoms with Gasteiger partial charge in [0.2, 0.25) is 0 Å². The van der Waals surface area contributed by atoms with Gasteiger partial charge in [-0.1, -0.05) is 12.2 Å². The predicted octanol–water partition coefficient (Wildman–Crippen LogP) is 3.65. The molecule has 0 bridgehead atoms. The summed E-state index contributed by atoms with van der Waals surface area (Å²) in [4.78, 5) is 10.1. The van der Waals surface area contributed by atoms with Gasteiger partial charge in [-0.2, -0.15) is 0 Å². The van der Waals surface area contributed by atoms with E-state index in [1.54, 1.807) is 0 Å². The summed E-state index contributed by atoms with van der Waals surface area (Å²) in [6.45, 7) is 7.77. The molecule has 1 aliphatic rings. The van der Waals surface area contributed by atoms with Gasteiger partial charge in [0, 0.05) is 0 Å². The van der Waals surface area contributed by atoms with E-state index in [9.17, 15) is 0 Å². The number of allylic oxidation sites excluding steroid dienone is 8. The first kappa shape index (κ1) is 10.6. The highest BCUT2D eigenvalue weighted by molar-refractivity contribution is 5.29. The third-order valence-electron chi connectivity index (χ3n) is 1.78. The van der Waals surface area contributed by atoms with Gasteiger partial charge in [-0.05, 0) is 51.0 Å². The second-order valence-electron chi connectivity index (χ2n) is 3.50. The Balaban J connectivity index is 2.99. The number of rotatable bonds is 0. The molecule has 0 radical (unpaired) electrons. The standard InChI is InChI=1S/C12H16O2/c1-9-5-6-10(2)8-12(4)14-13-11(3)7-9/h5-8H,1-4H3/b9-5-,10-6?,11-7-,12-8?. The lowest BCUT2D eigenvalue weighted by Gasteiger charge is -2.07. The van der Waals surface area contributed by atoms with Crippen LogP contribution in [-0.2, 0) is 9.78 Å². The molecule has 0 amide bonds. The molecule has 0 saturated heterocycles. The van der Waals surface area contributed by atoms with Crippen molar-refractivity contribution in [1.82, 2.24) is 0 Å². The molecule has 0 aromatic heterocycles. The SMILES string of the molecule is CC1=C/C=C(C)\C=C(\C)OOC(C)=C1. The molecule has 0 atom stereocenters. The summed E-state index contributed by atoms with van der Waals surface area (Å²) in [7, 11) is 0. The van der Waals surface area contributed by atoms with E-state index in [1.165, 1.54) is 0 Å². The predicted molar refractivity (Wildman–Crippen MR) is 57.2 cm³/mol. The molecule has 0 saturated carbocycles. The quantitative estimate of drug-likeness (QED) is 0.545.